The van der Waals surface area contributed by atoms with Gasteiger partial charge in [0.05, 0.1) is 12.1 Å². The van der Waals surface area contributed by atoms with Gasteiger partial charge in [0.2, 0.25) is 5.88 Å². The molecule has 0 saturated heterocycles. The Morgan fingerprint density at radius 3 is 2.84 bits per heavy atom. The van der Waals surface area contributed by atoms with Crippen molar-refractivity contribution in [3.05, 3.63) is 50.4 Å². The van der Waals surface area contributed by atoms with Crippen LogP contribution in [0.15, 0.2) is 30.6 Å². The van der Waals surface area contributed by atoms with Crippen molar-refractivity contribution in [2.45, 2.75) is 11.2 Å². The molecule has 1 aromatic heterocycles. The van der Waals surface area contributed by atoms with Gasteiger partial charge in [-0.1, -0.05) is 33.6 Å². The molecule has 0 amide bonds. The second-order valence-corrected chi connectivity index (χ2v) is 6.57. The number of ether oxygens (including phenoxy) is 1. The molecule has 19 heavy (non-hydrogen) atoms. The van der Waals surface area contributed by atoms with Crippen molar-refractivity contribution < 1.29 is 4.74 Å². The number of methoxy groups -OCH3 is 1. The number of alkyl halides is 1. The Balaban J connectivity index is 2.15. The molecule has 1 heterocycles. The average Bonchev–Trinajstić information content (AvgIpc) is 2.42. The fourth-order valence-electron chi connectivity index (χ4n) is 1.61. The molecule has 0 saturated carbocycles. The van der Waals surface area contributed by atoms with Gasteiger partial charge in [0.1, 0.15) is 6.33 Å². The van der Waals surface area contributed by atoms with Crippen LogP contribution in [0.4, 0.5) is 0 Å². The third-order valence-electron chi connectivity index (χ3n) is 2.60. The van der Waals surface area contributed by atoms with E-state index < -0.39 is 0 Å². The summed E-state index contributed by atoms with van der Waals surface area (Å²) in [6, 6.07) is 7.88. The molecule has 1 unspecified atom stereocenters. The minimum atomic E-state index is 0.154. The summed E-state index contributed by atoms with van der Waals surface area (Å²) in [5, 5.41) is 0.766. The van der Waals surface area contributed by atoms with E-state index in [0.29, 0.717) is 5.88 Å². The molecule has 0 radical (unpaired) electrons. The summed E-state index contributed by atoms with van der Waals surface area (Å²) in [5.41, 5.74) is 2.05. The van der Waals surface area contributed by atoms with Crippen LogP contribution in [0, 0.1) is 3.57 Å². The maximum atomic E-state index is 6.13. The SMILES string of the molecule is COc1cc(CC(Br)c2ccc(I)c(Cl)c2)ncn1. The third-order valence-corrected chi connectivity index (χ3v) is 5.03. The van der Waals surface area contributed by atoms with E-state index >= 15 is 0 Å². The fourth-order valence-corrected chi connectivity index (χ4v) is 2.75. The highest BCUT2D eigenvalue weighted by molar-refractivity contribution is 14.1. The van der Waals surface area contributed by atoms with Crippen molar-refractivity contribution in [2.24, 2.45) is 0 Å². The molecule has 6 heteroatoms. The van der Waals surface area contributed by atoms with E-state index in [0.717, 1.165) is 26.3 Å². The monoisotopic (exact) mass is 452 g/mol. The summed E-state index contributed by atoms with van der Waals surface area (Å²) >= 11 is 12.0. The molecule has 1 aromatic carbocycles. The first-order chi connectivity index (χ1) is 9.10. The summed E-state index contributed by atoms with van der Waals surface area (Å²) in [5.74, 6) is 0.574. The highest BCUT2D eigenvalue weighted by Crippen LogP contribution is 2.30. The molecule has 0 aliphatic rings. The van der Waals surface area contributed by atoms with Crippen molar-refractivity contribution in [1.29, 1.82) is 0 Å². The van der Waals surface area contributed by atoms with Gasteiger partial charge in [-0.3, -0.25) is 0 Å². The molecular formula is C13H11BrClIN2O. The van der Waals surface area contributed by atoms with Crippen LogP contribution in [-0.4, -0.2) is 17.1 Å². The van der Waals surface area contributed by atoms with E-state index in [9.17, 15) is 0 Å². The Hall–Kier alpha value is -0.400. The van der Waals surface area contributed by atoms with Crippen molar-refractivity contribution in [3.8, 4) is 5.88 Å². The molecule has 2 rings (SSSR count). The van der Waals surface area contributed by atoms with Gasteiger partial charge in [-0.05, 0) is 40.3 Å². The molecule has 0 aliphatic carbocycles. The summed E-state index contributed by atoms with van der Waals surface area (Å²) in [7, 11) is 1.59. The maximum absolute atomic E-state index is 6.13. The zero-order valence-electron chi connectivity index (χ0n) is 10.1. The minimum Gasteiger partial charge on any atom is -0.481 e. The fraction of sp³-hybridized carbons (Fsp3) is 0.231. The average molecular weight is 454 g/mol. The molecule has 100 valence electrons. The Kier molecular flexibility index (Phi) is 5.41. The van der Waals surface area contributed by atoms with E-state index in [1.807, 2.05) is 18.2 Å². The first kappa shape index (κ1) is 15.0. The van der Waals surface area contributed by atoms with E-state index in [1.54, 1.807) is 7.11 Å². The predicted molar refractivity (Wildman–Crippen MR) is 88.1 cm³/mol. The Bertz CT molecular complexity index is 582. The van der Waals surface area contributed by atoms with Gasteiger partial charge in [0.25, 0.3) is 0 Å². The van der Waals surface area contributed by atoms with Crippen molar-refractivity contribution in [2.75, 3.05) is 7.11 Å². The molecule has 2 aromatic rings. The van der Waals surface area contributed by atoms with Crippen LogP contribution in [0.25, 0.3) is 0 Å². The Labute approximate surface area is 139 Å². The Morgan fingerprint density at radius 2 is 2.16 bits per heavy atom. The first-order valence-electron chi connectivity index (χ1n) is 5.54. The lowest BCUT2D eigenvalue weighted by Gasteiger charge is -2.11. The van der Waals surface area contributed by atoms with E-state index in [-0.39, 0.29) is 4.83 Å². The van der Waals surface area contributed by atoms with Gasteiger partial charge in [0, 0.05) is 26.6 Å². The lowest BCUT2D eigenvalue weighted by molar-refractivity contribution is 0.396. The second-order valence-electron chi connectivity index (χ2n) is 3.90. The zero-order valence-corrected chi connectivity index (χ0v) is 14.6. The maximum Gasteiger partial charge on any atom is 0.216 e. The zero-order chi connectivity index (χ0) is 13.8. The lowest BCUT2D eigenvalue weighted by Crippen LogP contribution is -2.00. The van der Waals surface area contributed by atoms with Crippen LogP contribution in [-0.2, 0) is 6.42 Å². The van der Waals surface area contributed by atoms with Crippen LogP contribution in [0.2, 0.25) is 5.02 Å². The molecule has 0 fully saturated rings. The quantitative estimate of drug-likeness (QED) is 0.508. The molecular weight excluding hydrogens is 442 g/mol. The largest absolute Gasteiger partial charge is 0.481 e. The van der Waals surface area contributed by atoms with Crippen LogP contribution in [0.3, 0.4) is 0 Å². The number of rotatable bonds is 4. The molecule has 0 N–H and O–H groups in total. The lowest BCUT2D eigenvalue weighted by atomic mass is 10.1. The minimum absolute atomic E-state index is 0.154. The second kappa shape index (κ2) is 6.85. The van der Waals surface area contributed by atoms with Crippen molar-refractivity contribution >= 4 is 50.1 Å². The highest BCUT2D eigenvalue weighted by atomic mass is 127. The number of nitrogens with zero attached hydrogens (tertiary/aromatic N) is 2. The number of aromatic nitrogens is 2. The molecule has 0 aliphatic heterocycles. The topological polar surface area (TPSA) is 35.0 Å². The van der Waals surface area contributed by atoms with E-state index in [4.69, 9.17) is 16.3 Å². The Morgan fingerprint density at radius 1 is 1.37 bits per heavy atom. The molecule has 3 nitrogen and oxygen atoms in total. The molecule has 0 spiro atoms. The smallest absolute Gasteiger partial charge is 0.216 e. The number of hydrogen-bond acceptors (Lipinski definition) is 3. The van der Waals surface area contributed by atoms with Gasteiger partial charge < -0.3 is 4.74 Å². The van der Waals surface area contributed by atoms with Crippen LogP contribution < -0.4 is 4.74 Å². The third kappa shape index (κ3) is 4.03. The predicted octanol–water partition coefficient (Wildman–Crippen LogP) is 4.42. The van der Waals surface area contributed by atoms with Crippen LogP contribution in [0.5, 0.6) is 5.88 Å². The van der Waals surface area contributed by atoms with Crippen LogP contribution >= 0.6 is 50.1 Å². The highest BCUT2D eigenvalue weighted by Gasteiger charge is 2.11. The summed E-state index contributed by atoms with van der Waals surface area (Å²) in [6.07, 6.45) is 2.25. The molecule has 0 bridgehead atoms. The number of halogens is 3. The van der Waals surface area contributed by atoms with Gasteiger partial charge in [0.15, 0.2) is 0 Å². The summed E-state index contributed by atoms with van der Waals surface area (Å²) in [6.45, 7) is 0. The van der Waals surface area contributed by atoms with E-state index in [1.165, 1.54) is 6.33 Å². The van der Waals surface area contributed by atoms with Crippen molar-refractivity contribution in [1.82, 2.24) is 9.97 Å². The standard InChI is InChI=1S/C13H11BrClIN2O/c1-19-13-6-9(17-7-18-13)5-10(14)8-2-3-12(16)11(15)4-8/h2-4,6-7,10H,5H2,1H3. The van der Waals surface area contributed by atoms with Gasteiger partial charge in [-0.15, -0.1) is 0 Å². The van der Waals surface area contributed by atoms with E-state index in [2.05, 4.69) is 54.6 Å². The summed E-state index contributed by atoms with van der Waals surface area (Å²) in [4.78, 5) is 8.38. The van der Waals surface area contributed by atoms with Crippen molar-refractivity contribution in [3.63, 3.8) is 0 Å². The van der Waals surface area contributed by atoms with Gasteiger partial charge in [-0.2, -0.15) is 0 Å². The first-order valence-corrected chi connectivity index (χ1v) is 7.91. The number of hydrogen-bond donors (Lipinski definition) is 0. The summed E-state index contributed by atoms with van der Waals surface area (Å²) < 4.78 is 6.14. The van der Waals surface area contributed by atoms with Crippen LogP contribution in [0.1, 0.15) is 16.1 Å². The van der Waals surface area contributed by atoms with Gasteiger partial charge in [-0.25, -0.2) is 9.97 Å². The van der Waals surface area contributed by atoms with Gasteiger partial charge >= 0.3 is 0 Å². The molecule has 1 atom stereocenters. The normalized spacial score (nSPS) is 12.2. The number of benzene rings is 1.